The number of benzene rings is 1. The topological polar surface area (TPSA) is 34.1 Å². The van der Waals surface area contributed by atoms with Crippen LogP contribution < -0.4 is 10.1 Å². The third kappa shape index (κ3) is 7.86. The van der Waals surface area contributed by atoms with E-state index in [4.69, 9.17) is 4.74 Å². The first-order chi connectivity index (χ1) is 16.9. The summed E-state index contributed by atoms with van der Waals surface area (Å²) in [6.45, 7) is 11.1. The van der Waals surface area contributed by atoms with Crippen LogP contribution in [-0.4, -0.2) is 24.1 Å². The summed E-state index contributed by atoms with van der Waals surface area (Å²) in [6, 6.07) is 12.2. The highest BCUT2D eigenvalue weighted by Crippen LogP contribution is 2.40. The lowest BCUT2D eigenvalue weighted by atomic mass is 9.80. The molecule has 0 fully saturated rings. The quantitative estimate of drug-likeness (QED) is 0.357. The second-order valence-corrected chi connectivity index (χ2v) is 9.23. The van der Waals surface area contributed by atoms with Gasteiger partial charge in [-0.15, -0.1) is 0 Å². The van der Waals surface area contributed by atoms with Crippen molar-refractivity contribution in [2.75, 3.05) is 19.1 Å². The average molecular weight is 495 g/mol. The smallest absolute Gasteiger partial charge is 0.118 e. The Hall–Kier alpha value is -2.79. The van der Waals surface area contributed by atoms with E-state index >= 15 is 0 Å². The maximum absolute atomic E-state index is 14.0. The molecule has 0 saturated heterocycles. The molecular weight excluding hydrogens is 455 g/mol. The zero-order valence-corrected chi connectivity index (χ0v) is 22.9. The number of nitrogens with one attached hydrogen (secondary N) is 1. The largest absolute Gasteiger partial charge is 0.497 e. The highest BCUT2D eigenvalue weighted by Gasteiger charge is 2.24. The number of hydrogen-bond acceptors (Lipinski definition) is 4. The molecule has 1 aromatic carbocycles. The number of hydrogen-bond donors (Lipinski definition) is 1. The van der Waals surface area contributed by atoms with Crippen molar-refractivity contribution in [1.82, 2.24) is 10.3 Å². The second kappa shape index (κ2) is 14.6. The number of thioether (sulfide) groups is 1. The van der Waals surface area contributed by atoms with Crippen molar-refractivity contribution in [3.05, 3.63) is 100 Å². The summed E-state index contributed by atoms with van der Waals surface area (Å²) in [6.07, 6.45) is 9.78. The highest BCUT2D eigenvalue weighted by atomic mass is 32.2. The molecule has 0 bridgehead atoms. The van der Waals surface area contributed by atoms with Gasteiger partial charge < -0.3 is 10.1 Å². The van der Waals surface area contributed by atoms with Crippen LogP contribution in [0.1, 0.15) is 52.2 Å². The zero-order valence-electron chi connectivity index (χ0n) is 22.1. The number of nitrogens with zero attached hydrogens (tertiary/aromatic N) is 1. The van der Waals surface area contributed by atoms with Crippen LogP contribution in [0.15, 0.2) is 89.2 Å². The molecular formula is C30H39FN2OS. The Morgan fingerprint density at radius 2 is 1.71 bits per heavy atom. The lowest BCUT2D eigenvalue weighted by Gasteiger charge is -2.27. The maximum atomic E-state index is 14.0. The molecule has 188 valence electrons. The average Bonchev–Trinajstić information content (AvgIpc) is 2.88. The van der Waals surface area contributed by atoms with Gasteiger partial charge in [0, 0.05) is 42.4 Å². The maximum Gasteiger partial charge on any atom is 0.118 e. The zero-order chi connectivity index (χ0) is 25.8. The lowest BCUT2D eigenvalue weighted by Crippen LogP contribution is -2.16. The van der Waals surface area contributed by atoms with Gasteiger partial charge in [-0.2, -0.15) is 11.8 Å². The minimum absolute atomic E-state index is 0.0584. The van der Waals surface area contributed by atoms with Crippen molar-refractivity contribution in [2.24, 2.45) is 5.92 Å². The first-order valence-corrected chi connectivity index (χ1v) is 13.6. The van der Waals surface area contributed by atoms with E-state index in [0.717, 1.165) is 28.3 Å². The lowest BCUT2D eigenvalue weighted by molar-refractivity contribution is 0.414. The molecule has 1 unspecified atom stereocenters. The van der Waals surface area contributed by atoms with E-state index in [1.807, 2.05) is 56.6 Å². The Morgan fingerprint density at radius 1 is 1.06 bits per heavy atom. The van der Waals surface area contributed by atoms with E-state index < -0.39 is 0 Å². The van der Waals surface area contributed by atoms with E-state index in [2.05, 4.69) is 49.5 Å². The molecule has 0 amide bonds. The fraction of sp³-hybridized carbons (Fsp3) is 0.367. The molecule has 1 aliphatic rings. The van der Waals surface area contributed by atoms with Crippen LogP contribution in [0.25, 0.3) is 5.57 Å². The Bertz CT molecular complexity index is 1070. The van der Waals surface area contributed by atoms with Crippen molar-refractivity contribution in [2.45, 2.75) is 47.6 Å². The van der Waals surface area contributed by atoms with Crippen molar-refractivity contribution in [3.8, 4) is 5.75 Å². The standard InChI is InChI=1S/C28H33FN2OS.C2H6/c1-19-16-24(29)8-11-26(19)27(20(2)18-33-5)28(23-12-14-30-15-13-23)21(3)31-17-22-6-9-25(32-4)10-7-22;1-2/h6-15,19,31H,16-18H2,1-5H3;1-2H3/b27-20+,28-21+;. The van der Waals surface area contributed by atoms with Gasteiger partial charge in [-0.3, -0.25) is 4.98 Å². The molecule has 1 atom stereocenters. The summed E-state index contributed by atoms with van der Waals surface area (Å²) in [7, 11) is 1.67. The SMILES string of the molecule is CC.COc1ccc(CN/C(C)=C(/C(C2=CC=C(F)CC2C)=C(\C)CSC)c2ccncc2)cc1. The first-order valence-electron chi connectivity index (χ1n) is 12.2. The van der Waals surface area contributed by atoms with Crippen LogP contribution in [0.5, 0.6) is 5.75 Å². The monoisotopic (exact) mass is 494 g/mol. The normalized spacial score (nSPS) is 16.6. The molecule has 5 heteroatoms. The summed E-state index contributed by atoms with van der Waals surface area (Å²) >= 11 is 1.80. The van der Waals surface area contributed by atoms with Gasteiger partial charge in [0.05, 0.1) is 7.11 Å². The van der Waals surface area contributed by atoms with Gasteiger partial charge in [-0.05, 0) is 78.6 Å². The summed E-state index contributed by atoms with van der Waals surface area (Å²) in [5.74, 6) is 1.80. The number of halogens is 1. The van der Waals surface area contributed by atoms with Gasteiger partial charge >= 0.3 is 0 Å². The number of pyridine rings is 1. The van der Waals surface area contributed by atoms with Crippen LogP contribution >= 0.6 is 11.8 Å². The minimum Gasteiger partial charge on any atom is -0.497 e. The number of aromatic nitrogens is 1. The van der Waals surface area contributed by atoms with E-state index in [-0.39, 0.29) is 11.7 Å². The number of rotatable bonds is 9. The van der Waals surface area contributed by atoms with E-state index in [1.54, 1.807) is 24.9 Å². The summed E-state index contributed by atoms with van der Waals surface area (Å²) in [4.78, 5) is 4.23. The third-order valence-corrected chi connectivity index (χ3v) is 6.58. The van der Waals surface area contributed by atoms with Crippen LogP contribution in [0, 0.1) is 5.92 Å². The van der Waals surface area contributed by atoms with Crippen molar-refractivity contribution in [3.63, 3.8) is 0 Å². The molecule has 2 aromatic rings. The predicted molar refractivity (Wildman–Crippen MR) is 150 cm³/mol. The Morgan fingerprint density at radius 3 is 2.29 bits per heavy atom. The van der Waals surface area contributed by atoms with Gasteiger partial charge in [0.15, 0.2) is 0 Å². The molecule has 0 spiro atoms. The molecule has 1 heterocycles. The Kier molecular flexibility index (Phi) is 11.8. The third-order valence-electron chi connectivity index (χ3n) is 5.86. The van der Waals surface area contributed by atoms with E-state index in [0.29, 0.717) is 13.0 Å². The van der Waals surface area contributed by atoms with E-state index in [9.17, 15) is 4.39 Å². The van der Waals surface area contributed by atoms with E-state index in [1.165, 1.54) is 22.3 Å². The number of ether oxygens (including phenoxy) is 1. The summed E-state index contributed by atoms with van der Waals surface area (Å²) in [5, 5.41) is 3.64. The van der Waals surface area contributed by atoms with Crippen LogP contribution in [-0.2, 0) is 6.54 Å². The number of allylic oxidation sites excluding steroid dienone is 7. The molecule has 1 aromatic heterocycles. The first kappa shape index (κ1) is 28.4. The van der Waals surface area contributed by atoms with Gasteiger partial charge in [0.25, 0.3) is 0 Å². The van der Waals surface area contributed by atoms with Crippen LogP contribution in [0.2, 0.25) is 0 Å². The molecule has 0 aliphatic heterocycles. The highest BCUT2D eigenvalue weighted by molar-refractivity contribution is 7.98. The summed E-state index contributed by atoms with van der Waals surface area (Å²) in [5.41, 5.74) is 8.16. The second-order valence-electron chi connectivity index (χ2n) is 8.37. The summed E-state index contributed by atoms with van der Waals surface area (Å²) < 4.78 is 19.3. The van der Waals surface area contributed by atoms with Crippen molar-refractivity contribution < 1.29 is 9.13 Å². The molecule has 3 rings (SSSR count). The van der Waals surface area contributed by atoms with Gasteiger partial charge in [0.1, 0.15) is 11.6 Å². The van der Waals surface area contributed by atoms with Crippen molar-refractivity contribution in [1.29, 1.82) is 0 Å². The van der Waals surface area contributed by atoms with Gasteiger partial charge in [0.2, 0.25) is 0 Å². The predicted octanol–water partition coefficient (Wildman–Crippen LogP) is 8.14. The molecule has 0 saturated carbocycles. The Labute approximate surface area is 215 Å². The number of methoxy groups -OCH3 is 1. The molecule has 0 radical (unpaired) electrons. The molecule has 1 N–H and O–H groups in total. The van der Waals surface area contributed by atoms with Crippen LogP contribution in [0.4, 0.5) is 4.39 Å². The fourth-order valence-corrected chi connectivity index (χ4v) is 4.75. The fourth-order valence-electron chi connectivity index (χ4n) is 4.17. The Balaban J connectivity index is 0.00000210. The molecule has 1 aliphatic carbocycles. The van der Waals surface area contributed by atoms with Gasteiger partial charge in [-0.1, -0.05) is 44.6 Å². The van der Waals surface area contributed by atoms with Crippen molar-refractivity contribution >= 4 is 17.3 Å². The molecule has 3 nitrogen and oxygen atoms in total. The molecule has 35 heavy (non-hydrogen) atoms. The minimum atomic E-state index is -0.0584. The van der Waals surface area contributed by atoms with Gasteiger partial charge in [-0.25, -0.2) is 4.39 Å². The van der Waals surface area contributed by atoms with Crippen LogP contribution in [0.3, 0.4) is 0 Å².